The molecule has 0 aromatic carbocycles. The van der Waals surface area contributed by atoms with Gasteiger partial charge in [0.15, 0.2) is 0 Å². The van der Waals surface area contributed by atoms with Crippen LogP contribution in [-0.4, -0.2) is 34.4 Å². The number of carboxylic acid groups (broad SMARTS) is 1. The smallest absolute Gasteiger partial charge is 0.310 e. The van der Waals surface area contributed by atoms with Gasteiger partial charge in [-0.2, -0.15) is 0 Å². The van der Waals surface area contributed by atoms with Crippen molar-refractivity contribution in [2.75, 3.05) is 0 Å². The zero-order chi connectivity index (χ0) is 27.4. The fourth-order valence-corrected chi connectivity index (χ4v) is 11.0. The molecule has 3 unspecified atom stereocenters. The Balaban J connectivity index is 1.59. The summed E-state index contributed by atoms with van der Waals surface area (Å²) in [7, 11) is 0. The van der Waals surface area contributed by atoms with Crippen LogP contribution in [0, 0.1) is 50.2 Å². The number of rotatable bonds is 2. The van der Waals surface area contributed by atoms with Gasteiger partial charge >= 0.3 is 11.9 Å². The Morgan fingerprint density at radius 2 is 1.57 bits per heavy atom. The van der Waals surface area contributed by atoms with Gasteiger partial charge in [-0.1, -0.05) is 60.1 Å². The first-order chi connectivity index (χ1) is 16.9. The second-order valence-electron chi connectivity index (χ2n) is 15.8. The van der Waals surface area contributed by atoms with E-state index in [-0.39, 0.29) is 39.0 Å². The van der Waals surface area contributed by atoms with Gasteiger partial charge in [-0.15, -0.1) is 0 Å². The van der Waals surface area contributed by atoms with E-state index >= 15 is 0 Å². The lowest BCUT2D eigenvalue weighted by Gasteiger charge is -2.71. The number of allylic oxidation sites excluding steroid dienone is 2. The van der Waals surface area contributed by atoms with Gasteiger partial charge in [-0.25, -0.2) is 0 Å². The first-order valence-corrected chi connectivity index (χ1v) is 14.7. The van der Waals surface area contributed by atoms with Crippen LogP contribution in [0.4, 0.5) is 0 Å². The molecule has 37 heavy (non-hydrogen) atoms. The number of aliphatic hydroxyl groups is 1. The fraction of sp³-hybridized carbons (Fsp3) is 0.875. The van der Waals surface area contributed by atoms with E-state index in [9.17, 15) is 19.8 Å². The van der Waals surface area contributed by atoms with Gasteiger partial charge in [-0.3, -0.25) is 9.59 Å². The van der Waals surface area contributed by atoms with Crippen molar-refractivity contribution in [3.63, 3.8) is 0 Å². The molecule has 5 nitrogen and oxygen atoms in total. The fourth-order valence-electron chi connectivity index (χ4n) is 11.0. The van der Waals surface area contributed by atoms with Crippen molar-refractivity contribution >= 4 is 11.9 Å². The summed E-state index contributed by atoms with van der Waals surface area (Å²) in [5, 5.41) is 21.9. The van der Waals surface area contributed by atoms with Crippen molar-refractivity contribution in [2.45, 2.75) is 125 Å². The van der Waals surface area contributed by atoms with Crippen LogP contribution in [0.1, 0.15) is 113 Å². The number of carbonyl (C=O) groups excluding carboxylic acids is 1. The second kappa shape index (κ2) is 8.08. The molecular formula is C32H50O5. The van der Waals surface area contributed by atoms with Gasteiger partial charge in [0.25, 0.3) is 0 Å². The van der Waals surface area contributed by atoms with Crippen LogP contribution in [0.3, 0.4) is 0 Å². The van der Waals surface area contributed by atoms with Gasteiger partial charge in [-0.05, 0) is 103 Å². The quantitative estimate of drug-likeness (QED) is 0.314. The summed E-state index contributed by atoms with van der Waals surface area (Å²) in [6.07, 6.45) is 9.50. The Bertz CT molecular complexity index is 1030. The van der Waals surface area contributed by atoms with Crippen LogP contribution >= 0.6 is 0 Å². The zero-order valence-electron chi connectivity index (χ0n) is 24.4. The van der Waals surface area contributed by atoms with E-state index < -0.39 is 23.6 Å². The third-order valence-electron chi connectivity index (χ3n) is 13.3. The highest BCUT2D eigenvalue weighted by Gasteiger charge is 2.70. The third-order valence-corrected chi connectivity index (χ3v) is 13.3. The lowest BCUT2D eigenvalue weighted by Crippen LogP contribution is -2.67. The molecule has 2 N–H and O–H groups in total. The molecule has 5 heteroatoms. The van der Waals surface area contributed by atoms with E-state index in [0.717, 1.165) is 51.4 Å². The summed E-state index contributed by atoms with van der Waals surface area (Å²) >= 11 is 0. The Kier molecular flexibility index (Phi) is 5.95. The Morgan fingerprint density at radius 3 is 2.19 bits per heavy atom. The largest absolute Gasteiger partial charge is 0.481 e. The van der Waals surface area contributed by atoms with Gasteiger partial charge in [0.05, 0.1) is 11.5 Å². The van der Waals surface area contributed by atoms with Crippen LogP contribution in [0.15, 0.2) is 11.6 Å². The number of esters is 1. The van der Waals surface area contributed by atoms with Crippen molar-refractivity contribution in [1.82, 2.24) is 0 Å². The van der Waals surface area contributed by atoms with Gasteiger partial charge in [0.1, 0.15) is 6.10 Å². The molecule has 4 saturated carbocycles. The first-order valence-electron chi connectivity index (χ1n) is 14.7. The maximum Gasteiger partial charge on any atom is 0.310 e. The monoisotopic (exact) mass is 514 g/mol. The molecule has 0 saturated heterocycles. The first kappa shape index (κ1) is 27.2. The summed E-state index contributed by atoms with van der Waals surface area (Å²) in [4.78, 5) is 24.8. The van der Waals surface area contributed by atoms with E-state index in [2.05, 4.69) is 54.5 Å². The number of carboxylic acids is 1. The summed E-state index contributed by atoms with van der Waals surface area (Å²) in [5.74, 6) is -0.0733. The number of carbonyl (C=O) groups is 2. The second-order valence-corrected chi connectivity index (χ2v) is 15.8. The molecule has 9 atom stereocenters. The highest BCUT2D eigenvalue weighted by Crippen LogP contribution is 2.75. The van der Waals surface area contributed by atoms with Crippen molar-refractivity contribution in [2.24, 2.45) is 50.2 Å². The minimum atomic E-state index is -0.667. The van der Waals surface area contributed by atoms with Crippen LogP contribution < -0.4 is 0 Å². The summed E-state index contributed by atoms with van der Waals surface area (Å²) in [5.41, 5.74) is 0.534. The maximum absolute atomic E-state index is 12.8. The number of hydrogen-bond acceptors (Lipinski definition) is 4. The number of hydrogen-bond donors (Lipinski definition) is 2. The average molecular weight is 515 g/mol. The molecule has 0 aromatic rings. The third kappa shape index (κ3) is 3.50. The molecule has 0 heterocycles. The van der Waals surface area contributed by atoms with Crippen molar-refractivity contribution in [3.05, 3.63) is 11.6 Å². The standard InChI is InChI=1S/C32H50O5/c1-19(33)37-22-18-29(6)23(28(4,5)25(22)34)11-12-31(8)24(29)10-9-20-21-17-27(2,3)13-15-32(21,26(35)36)16-14-30(20,31)7/h9,21-25,34H,10-18H2,1-8H3,(H,35,36)/t21?,22-,23?,24?,25+,29+,30-,31-,32+/m1/s1. The summed E-state index contributed by atoms with van der Waals surface area (Å²) in [6, 6.07) is 0. The summed E-state index contributed by atoms with van der Waals surface area (Å²) in [6.45, 7) is 17.7. The lowest BCUT2D eigenvalue weighted by atomic mass is 9.33. The molecule has 0 amide bonds. The molecule has 5 aliphatic carbocycles. The van der Waals surface area contributed by atoms with Gasteiger partial charge < -0.3 is 14.9 Å². The SMILES string of the molecule is CC(=O)O[C@@H]1C[C@@]2(C)C(CC[C@]3(C)C2CC=C2C4CC(C)(C)CC[C@]4(C(=O)O)CC[C@]23C)C(C)(C)[C@H]1O. The molecule has 0 aliphatic heterocycles. The van der Waals surface area contributed by atoms with E-state index in [1.165, 1.54) is 12.5 Å². The maximum atomic E-state index is 12.8. The molecule has 5 aliphatic rings. The van der Waals surface area contributed by atoms with E-state index in [0.29, 0.717) is 18.3 Å². The number of aliphatic carboxylic acids is 1. The van der Waals surface area contributed by atoms with E-state index in [1.54, 1.807) is 0 Å². The van der Waals surface area contributed by atoms with Crippen LogP contribution in [-0.2, 0) is 14.3 Å². The highest BCUT2D eigenvalue weighted by atomic mass is 16.6. The predicted octanol–water partition coefficient (Wildman–Crippen LogP) is 6.78. The van der Waals surface area contributed by atoms with Crippen molar-refractivity contribution < 1.29 is 24.5 Å². The van der Waals surface area contributed by atoms with Crippen molar-refractivity contribution in [3.8, 4) is 0 Å². The molecule has 0 radical (unpaired) electrons. The number of ether oxygens (including phenoxy) is 1. The predicted molar refractivity (Wildman–Crippen MR) is 144 cm³/mol. The molecular weight excluding hydrogens is 464 g/mol. The minimum Gasteiger partial charge on any atom is -0.481 e. The Hall–Kier alpha value is -1.36. The summed E-state index contributed by atoms with van der Waals surface area (Å²) < 4.78 is 5.76. The van der Waals surface area contributed by atoms with Crippen LogP contribution in [0.5, 0.6) is 0 Å². The molecule has 5 rings (SSSR count). The normalized spacial score (nSPS) is 49.9. The minimum absolute atomic E-state index is 0.0354. The Morgan fingerprint density at radius 1 is 0.919 bits per heavy atom. The zero-order valence-corrected chi connectivity index (χ0v) is 24.4. The number of aliphatic hydroxyl groups excluding tert-OH is 1. The van der Waals surface area contributed by atoms with Crippen LogP contribution in [0.2, 0.25) is 0 Å². The van der Waals surface area contributed by atoms with E-state index in [1.807, 2.05) is 0 Å². The molecule has 0 aromatic heterocycles. The Labute approximate surface area is 223 Å². The van der Waals surface area contributed by atoms with Gasteiger partial charge in [0.2, 0.25) is 0 Å². The number of fused-ring (bicyclic) bond motifs is 7. The van der Waals surface area contributed by atoms with Gasteiger partial charge in [0, 0.05) is 6.92 Å². The molecule has 0 bridgehead atoms. The topological polar surface area (TPSA) is 83.8 Å². The molecule has 0 spiro atoms. The highest BCUT2D eigenvalue weighted by molar-refractivity contribution is 5.76. The molecule has 4 fully saturated rings. The lowest BCUT2D eigenvalue weighted by molar-refractivity contribution is -0.237. The van der Waals surface area contributed by atoms with Crippen molar-refractivity contribution in [1.29, 1.82) is 0 Å². The van der Waals surface area contributed by atoms with Crippen LogP contribution in [0.25, 0.3) is 0 Å². The molecule has 208 valence electrons. The average Bonchev–Trinajstić information content (AvgIpc) is 2.77. The van der Waals surface area contributed by atoms with E-state index in [4.69, 9.17) is 4.74 Å².